The highest BCUT2D eigenvalue weighted by Crippen LogP contribution is 2.17. The molecule has 0 saturated heterocycles. The molecule has 0 aromatic carbocycles. The zero-order valence-corrected chi connectivity index (χ0v) is 36.1. The summed E-state index contributed by atoms with van der Waals surface area (Å²) in [6.45, 7) is 11.3. The van der Waals surface area contributed by atoms with E-state index in [1.54, 1.807) is 0 Å². The van der Waals surface area contributed by atoms with Gasteiger partial charge in [0.05, 0.1) is 0 Å². The molecule has 6 nitrogen and oxygen atoms in total. The number of carbonyl (C=O) groups is 3. The molecule has 2 atom stereocenters. The van der Waals surface area contributed by atoms with Crippen molar-refractivity contribution >= 4 is 17.9 Å². The molecular weight excluding hydrogens is 661 g/mol. The fourth-order valence-electron chi connectivity index (χ4n) is 6.90. The highest BCUT2D eigenvalue weighted by molar-refractivity contribution is 5.71. The standard InChI is InChI=1S/C47H90O6/c1-6-8-9-25-32-37-45(48)51-40-44(53-47(50)39-34-29-24-20-16-15-18-22-27-31-36-43(5)7-2)41-52-46(49)38-33-28-23-19-14-12-10-11-13-17-21-26-30-35-42(3)4/h42-44H,6-41H2,1-5H3/t43?,44-/m1/s1. The van der Waals surface area contributed by atoms with Crippen molar-refractivity contribution in [1.82, 2.24) is 0 Å². The van der Waals surface area contributed by atoms with Crippen molar-refractivity contribution in [1.29, 1.82) is 0 Å². The lowest BCUT2D eigenvalue weighted by molar-refractivity contribution is -0.167. The van der Waals surface area contributed by atoms with E-state index in [0.29, 0.717) is 19.3 Å². The van der Waals surface area contributed by atoms with Gasteiger partial charge in [-0.25, -0.2) is 0 Å². The van der Waals surface area contributed by atoms with Gasteiger partial charge in [0.1, 0.15) is 13.2 Å². The maximum absolute atomic E-state index is 12.7. The third-order valence-electron chi connectivity index (χ3n) is 10.8. The predicted octanol–water partition coefficient (Wildman–Crippen LogP) is 14.6. The van der Waals surface area contributed by atoms with Crippen molar-refractivity contribution in [3.63, 3.8) is 0 Å². The Labute approximate surface area is 329 Å². The van der Waals surface area contributed by atoms with Crippen molar-refractivity contribution in [3.05, 3.63) is 0 Å². The molecule has 0 rings (SSSR count). The summed E-state index contributed by atoms with van der Waals surface area (Å²) in [4.78, 5) is 37.5. The molecule has 0 spiro atoms. The number of carbonyl (C=O) groups excluding carboxylic acids is 3. The summed E-state index contributed by atoms with van der Waals surface area (Å²) < 4.78 is 16.6. The van der Waals surface area contributed by atoms with Crippen LogP contribution < -0.4 is 0 Å². The van der Waals surface area contributed by atoms with Crippen LogP contribution in [0.2, 0.25) is 0 Å². The Bertz CT molecular complexity index is 811. The van der Waals surface area contributed by atoms with Gasteiger partial charge in [0, 0.05) is 19.3 Å². The quantitative estimate of drug-likeness (QED) is 0.0352. The number of unbranched alkanes of at least 4 members (excludes halogenated alkanes) is 25. The van der Waals surface area contributed by atoms with E-state index in [1.807, 2.05) is 0 Å². The van der Waals surface area contributed by atoms with Gasteiger partial charge in [-0.1, -0.05) is 214 Å². The maximum Gasteiger partial charge on any atom is 0.306 e. The zero-order valence-electron chi connectivity index (χ0n) is 36.1. The third-order valence-corrected chi connectivity index (χ3v) is 10.8. The molecule has 0 aliphatic rings. The molecule has 53 heavy (non-hydrogen) atoms. The fraction of sp³-hybridized carbons (Fsp3) is 0.936. The summed E-state index contributed by atoms with van der Waals surface area (Å²) in [6.07, 6.45) is 38.2. The van der Waals surface area contributed by atoms with E-state index in [1.165, 1.54) is 135 Å². The smallest absolute Gasteiger partial charge is 0.306 e. The van der Waals surface area contributed by atoms with E-state index >= 15 is 0 Å². The second-order valence-corrected chi connectivity index (χ2v) is 16.8. The summed E-state index contributed by atoms with van der Waals surface area (Å²) in [5.74, 6) is 0.838. The van der Waals surface area contributed by atoms with Crippen LogP contribution in [0.3, 0.4) is 0 Å². The van der Waals surface area contributed by atoms with Crippen LogP contribution >= 0.6 is 0 Å². The molecule has 0 heterocycles. The van der Waals surface area contributed by atoms with Crippen molar-refractivity contribution in [2.24, 2.45) is 11.8 Å². The van der Waals surface area contributed by atoms with Gasteiger partial charge < -0.3 is 14.2 Å². The Hall–Kier alpha value is -1.59. The van der Waals surface area contributed by atoms with Gasteiger partial charge in [-0.15, -0.1) is 0 Å². The maximum atomic E-state index is 12.7. The van der Waals surface area contributed by atoms with Gasteiger partial charge >= 0.3 is 17.9 Å². The Morgan fingerprint density at radius 2 is 0.717 bits per heavy atom. The van der Waals surface area contributed by atoms with Crippen LogP contribution in [0.1, 0.15) is 253 Å². The first-order chi connectivity index (χ1) is 25.8. The Kier molecular flexibility index (Phi) is 38.9. The largest absolute Gasteiger partial charge is 0.462 e. The molecule has 0 fully saturated rings. The lowest BCUT2D eigenvalue weighted by Crippen LogP contribution is -2.30. The monoisotopic (exact) mass is 751 g/mol. The van der Waals surface area contributed by atoms with Gasteiger partial charge in [0.25, 0.3) is 0 Å². The minimum Gasteiger partial charge on any atom is -0.462 e. The SMILES string of the molecule is CCCCCCCC(=O)OC[C@H](COC(=O)CCCCCCCCCCCCCCCC(C)C)OC(=O)CCCCCCCCCCCCC(C)CC. The first-order valence-electron chi connectivity index (χ1n) is 23.3. The van der Waals surface area contributed by atoms with Crippen molar-refractivity contribution < 1.29 is 28.6 Å². The van der Waals surface area contributed by atoms with E-state index in [9.17, 15) is 14.4 Å². The average molecular weight is 751 g/mol. The highest BCUT2D eigenvalue weighted by atomic mass is 16.6. The highest BCUT2D eigenvalue weighted by Gasteiger charge is 2.19. The summed E-state index contributed by atoms with van der Waals surface area (Å²) in [5.41, 5.74) is 0. The molecule has 0 N–H and O–H groups in total. The molecule has 0 saturated carbocycles. The minimum atomic E-state index is -0.759. The number of rotatable bonds is 41. The summed E-state index contributed by atoms with van der Waals surface area (Å²) >= 11 is 0. The molecule has 1 unspecified atom stereocenters. The molecule has 0 aliphatic carbocycles. The molecule has 0 bridgehead atoms. The topological polar surface area (TPSA) is 78.9 Å². The Morgan fingerprint density at radius 1 is 0.396 bits per heavy atom. The third kappa shape index (κ3) is 39.9. The van der Waals surface area contributed by atoms with Crippen molar-refractivity contribution in [3.8, 4) is 0 Å². The molecule has 314 valence electrons. The van der Waals surface area contributed by atoms with Crippen LogP contribution in [0, 0.1) is 11.8 Å². The summed E-state index contributed by atoms with van der Waals surface area (Å²) in [6, 6.07) is 0. The summed E-state index contributed by atoms with van der Waals surface area (Å²) in [7, 11) is 0. The Morgan fingerprint density at radius 3 is 1.08 bits per heavy atom. The van der Waals surface area contributed by atoms with Gasteiger partial charge in [-0.3, -0.25) is 14.4 Å². The number of hydrogen-bond acceptors (Lipinski definition) is 6. The van der Waals surface area contributed by atoms with E-state index in [0.717, 1.165) is 76.0 Å². The van der Waals surface area contributed by atoms with Crippen LogP contribution in [-0.4, -0.2) is 37.2 Å². The van der Waals surface area contributed by atoms with Crippen molar-refractivity contribution in [2.75, 3.05) is 13.2 Å². The summed E-state index contributed by atoms with van der Waals surface area (Å²) in [5, 5.41) is 0. The van der Waals surface area contributed by atoms with Gasteiger partial charge in [0.2, 0.25) is 0 Å². The van der Waals surface area contributed by atoms with Crippen LogP contribution in [-0.2, 0) is 28.6 Å². The molecular formula is C47H90O6. The first kappa shape index (κ1) is 51.4. The van der Waals surface area contributed by atoms with Crippen LogP contribution in [0.5, 0.6) is 0 Å². The second kappa shape index (κ2) is 40.1. The molecule has 0 aromatic rings. The molecule has 6 heteroatoms. The second-order valence-electron chi connectivity index (χ2n) is 16.8. The lowest BCUT2D eigenvalue weighted by atomic mass is 9.99. The number of ether oxygens (including phenoxy) is 3. The van der Waals surface area contributed by atoms with E-state index in [4.69, 9.17) is 14.2 Å². The predicted molar refractivity (Wildman–Crippen MR) is 224 cm³/mol. The van der Waals surface area contributed by atoms with Crippen LogP contribution in [0.4, 0.5) is 0 Å². The van der Waals surface area contributed by atoms with Crippen LogP contribution in [0.25, 0.3) is 0 Å². The van der Waals surface area contributed by atoms with Gasteiger partial charge in [0.15, 0.2) is 6.10 Å². The number of hydrogen-bond donors (Lipinski definition) is 0. The zero-order chi connectivity index (χ0) is 39.0. The number of esters is 3. The molecule has 0 amide bonds. The normalized spacial score (nSPS) is 12.6. The first-order valence-corrected chi connectivity index (χ1v) is 23.3. The minimum absolute atomic E-state index is 0.0655. The fourth-order valence-corrected chi connectivity index (χ4v) is 6.90. The van der Waals surface area contributed by atoms with E-state index in [2.05, 4.69) is 34.6 Å². The van der Waals surface area contributed by atoms with Crippen LogP contribution in [0.15, 0.2) is 0 Å². The molecule has 0 radical (unpaired) electrons. The van der Waals surface area contributed by atoms with Crippen molar-refractivity contribution in [2.45, 2.75) is 259 Å². The molecule has 0 aliphatic heterocycles. The average Bonchev–Trinajstić information content (AvgIpc) is 3.14. The molecule has 0 aromatic heterocycles. The Balaban J connectivity index is 4.17. The van der Waals surface area contributed by atoms with E-state index in [-0.39, 0.29) is 31.1 Å². The van der Waals surface area contributed by atoms with Gasteiger partial charge in [-0.2, -0.15) is 0 Å². The lowest BCUT2D eigenvalue weighted by Gasteiger charge is -2.18. The van der Waals surface area contributed by atoms with Gasteiger partial charge in [-0.05, 0) is 31.1 Å². The van der Waals surface area contributed by atoms with E-state index < -0.39 is 6.10 Å².